The fraction of sp³-hybridized carbons (Fsp3) is 0.524. The highest BCUT2D eigenvalue weighted by molar-refractivity contribution is 6.09. The van der Waals surface area contributed by atoms with Gasteiger partial charge in [0.05, 0.1) is 5.56 Å². The molecule has 30 heavy (non-hydrogen) atoms. The van der Waals surface area contributed by atoms with Crippen molar-refractivity contribution in [1.29, 1.82) is 0 Å². The molecule has 1 spiro atoms. The van der Waals surface area contributed by atoms with E-state index in [-0.39, 0.29) is 50.1 Å². The van der Waals surface area contributed by atoms with Crippen LogP contribution >= 0.6 is 0 Å². The van der Waals surface area contributed by atoms with E-state index < -0.39 is 23.3 Å². The number of nitrogens with zero attached hydrogens (tertiary/aromatic N) is 3. The molecular formula is C21H25FN4O4. The van der Waals surface area contributed by atoms with E-state index in [1.54, 1.807) is 6.07 Å². The van der Waals surface area contributed by atoms with E-state index in [4.69, 9.17) is 0 Å². The van der Waals surface area contributed by atoms with Gasteiger partial charge in [0.15, 0.2) is 0 Å². The summed E-state index contributed by atoms with van der Waals surface area (Å²) < 4.78 is 13.9. The Labute approximate surface area is 174 Å². The van der Waals surface area contributed by atoms with Crippen molar-refractivity contribution in [3.05, 3.63) is 35.6 Å². The Morgan fingerprint density at radius 2 is 1.60 bits per heavy atom. The summed E-state index contributed by atoms with van der Waals surface area (Å²) in [6.45, 7) is 0.779. The van der Waals surface area contributed by atoms with Crippen LogP contribution in [0.25, 0.3) is 0 Å². The standard InChI is InChI=1S/C21H25FN4O4/c22-16-7-3-2-6-15(16)18(28)25-12-10-24(11-13-25)17(27)14-26-19(29)21(23-20(26)30)8-4-1-5-9-21/h2-3,6-7H,1,4-5,8-14H2,(H,23,30). The second-order valence-electron chi connectivity index (χ2n) is 8.12. The molecule has 0 unspecified atom stereocenters. The van der Waals surface area contributed by atoms with E-state index in [2.05, 4.69) is 5.32 Å². The van der Waals surface area contributed by atoms with Gasteiger partial charge in [-0.25, -0.2) is 9.18 Å². The number of imide groups is 1. The number of carbonyl (C=O) groups is 4. The number of amides is 5. The molecule has 1 N–H and O–H groups in total. The molecule has 8 nitrogen and oxygen atoms in total. The molecule has 0 atom stereocenters. The number of halogens is 1. The smallest absolute Gasteiger partial charge is 0.325 e. The van der Waals surface area contributed by atoms with Crippen LogP contribution in [0.3, 0.4) is 0 Å². The van der Waals surface area contributed by atoms with Crippen LogP contribution in [0.2, 0.25) is 0 Å². The normalized spacial score (nSPS) is 21.2. The first-order valence-corrected chi connectivity index (χ1v) is 10.4. The van der Waals surface area contributed by atoms with Crippen LogP contribution in [0.15, 0.2) is 24.3 Å². The zero-order valence-corrected chi connectivity index (χ0v) is 16.7. The minimum atomic E-state index is -0.847. The van der Waals surface area contributed by atoms with E-state index in [1.165, 1.54) is 28.0 Å². The van der Waals surface area contributed by atoms with E-state index >= 15 is 0 Å². The molecule has 2 saturated heterocycles. The topological polar surface area (TPSA) is 90.0 Å². The van der Waals surface area contributed by atoms with Crippen LogP contribution in [-0.4, -0.2) is 76.7 Å². The Hall–Kier alpha value is -2.97. The molecule has 2 aliphatic heterocycles. The number of hydrogen-bond donors (Lipinski definition) is 1. The zero-order valence-electron chi connectivity index (χ0n) is 16.7. The lowest BCUT2D eigenvalue weighted by atomic mass is 9.82. The third kappa shape index (κ3) is 3.64. The van der Waals surface area contributed by atoms with Crippen molar-refractivity contribution < 1.29 is 23.6 Å². The monoisotopic (exact) mass is 416 g/mol. The maximum absolute atomic E-state index is 13.9. The average molecular weight is 416 g/mol. The quantitative estimate of drug-likeness (QED) is 0.754. The van der Waals surface area contributed by atoms with Gasteiger partial charge < -0.3 is 15.1 Å². The largest absolute Gasteiger partial charge is 0.338 e. The molecule has 160 valence electrons. The number of urea groups is 1. The molecule has 9 heteroatoms. The Morgan fingerprint density at radius 3 is 2.27 bits per heavy atom. The molecule has 3 fully saturated rings. The minimum absolute atomic E-state index is 0.00870. The molecule has 1 saturated carbocycles. The molecule has 1 aromatic rings. The minimum Gasteiger partial charge on any atom is -0.338 e. The fourth-order valence-corrected chi connectivity index (χ4v) is 4.51. The number of piperazine rings is 1. The van der Waals surface area contributed by atoms with Gasteiger partial charge in [0.2, 0.25) is 5.91 Å². The summed E-state index contributed by atoms with van der Waals surface area (Å²) in [6.07, 6.45) is 4.02. The Morgan fingerprint density at radius 1 is 0.967 bits per heavy atom. The maximum Gasteiger partial charge on any atom is 0.325 e. The predicted molar refractivity (Wildman–Crippen MR) is 105 cm³/mol. The highest BCUT2D eigenvalue weighted by Crippen LogP contribution is 2.33. The number of hydrogen-bond acceptors (Lipinski definition) is 4. The average Bonchev–Trinajstić information content (AvgIpc) is 2.98. The second-order valence-corrected chi connectivity index (χ2v) is 8.12. The number of carbonyl (C=O) groups excluding carboxylic acids is 4. The summed E-state index contributed by atoms with van der Waals surface area (Å²) in [5.74, 6) is -1.62. The van der Waals surface area contributed by atoms with E-state index in [0.29, 0.717) is 12.8 Å². The summed E-state index contributed by atoms with van der Waals surface area (Å²) in [5.41, 5.74) is -0.838. The summed E-state index contributed by atoms with van der Waals surface area (Å²) in [7, 11) is 0. The van der Waals surface area contributed by atoms with Crippen molar-refractivity contribution in [3.8, 4) is 0 Å². The molecule has 0 radical (unpaired) electrons. The first-order valence-electron chi connectivity index (χ1n) is 10.4. The maximum atomic E-state index is 13.9. The third-order valence-electron chi connectivity index (χ3n) is 6.27. The van der Waals surface area contributed by atoms with Crippen LogP contribution in [0.5, 0.6) is 0 Å². The van der Waals surface area contributed by atoms with Crippen molar-refractivity contribution >= 4 is 23.8 Å². The van der Waals surface area contributed by atoms with Gasteiger partial charge in [-0.05, 0) is 25.0 Å². The highest BCUT2D eigenvalue weighted by Gasteiger charge is 2.51. The molecule has 5 amide bonds. The lowest BCUT2D eigenvalue weighted by Crippen LogP contribution is -2.53. The van der Waals surface area contributed by atoms with Gasteiger partial charge in [-0.2, -0.15) is 0 Å². The second kappa shape index (κ2) is 8.04. The van der Waals surface area contributed by atoms with Crippen molar-refractivity contribution in [1.82, 2.24) is 20.0 Å². The van der Waals surface area contributed by atoms with Crippen LogP contribution in [0.4, 0.5) is 9.18 Å². The molecule has 1 aliphatic carbocycles. The number of nitrogens with one attached hydrogen (secondary N) is 1. The van der Waals surface area contributed by atoms with E-state index in [0.717, 1.165) is 24.2 Å². The predicted octanol–water partition coefficient (Wildman–Crippen LogP) is 1.36. The van der Waals surface area contributed by atoms with Crippen LogP contribution < -0.4 is 5.32 Å². The summed E-state index contributed by atoms with van der Waals surface area (Å²) in [6, 6.07) is 5.30. The molecule has 0 aromatic heterocycles. The first-order chi connectivity index (χ1) is 14.4. The zero-order chi connectivity index (χ0) is 21.3. The van der Waals surface area contributed by atoms with Crippen molar-refractivity contribution in [2.75, 3.05) is 32.7 Å². The van der Waals surface area contributed by atoms with Crippen LogP contribution in [0.1, 0.15) is 42.5 Å². The van der Waals surface area contributed by atoms with Crippen LogP contribution in [0, 0.1) is 5.82 Å². The third-order valence-corrected chi connectivity index (χ3v) is 6.27. The van der Waals surface area contributed by atoms with Gasteiger partial charge in [0.1, 0.15) is 17.9 Å². The van der Waals surface area contributed by atoms with E-state index in [9.17, 15) is 23.6 Å². The lowest BCUT2D eigenvalue weighted by molar-refractivity contribution is -0.140. The van der Waals surface area contributed by atoms with Crippen LogP contribution in [-0.2, 0) is 9.59 Å². The number of benzene rings is 1. The van der Waals surface area contributed by atoms with Crippen molar-refractivity contribution in [2.24, 2.45) is 0 Å². The van der Waals surface area contributed by atoms with Gasteiger partial charge in [-0.15, -0.1) is 0 Å². The van der Waals surface area contributed by atoms with E-state index in [1.807, 2.05) is 0 Å². The molecule has 2 heterocycles. The van der Waals surface area contributed by atoms with Crippen molar-refractivity contribution in [2.45, 2.75) is 37.6 Å². The summed E-state index contributed by atoms with van der Waals surface area (Å²) >= 11 is 0. The highest BCUT2D eigenvalue weighted by atomic mass is 19.1. The Bertz CT molecular complexity index is 876. The van der Waals surface area contributed by atoms with Gasteiger partial charge in [-0.3, -0.25) is 19.3 Å². The van der Waals surface area contributed by atoms with Crippen molar-refractivity contribution in [3.63, 3.8) is 0 Å². The molecule has 4 rings (SSSR count). The SMILES string of the molecule is O=C(CN1C(=O)NC2(CCCCC2)C1=O)N1CCN(C(=O)c2ccccc2F)CC1. The molecule has 3 aliphatic rings. The van der Waals surface area contributed by atoms with Gasteiger partial charge in [-0.1, -0.05) is 31.4 Å². The molecule has 0 bridgehead atoms. The van der Waals surface area contributed by atoms with Gasteiger partial charge in [0, 0.05) is 26.2 Å². The lowest BCUT2D eigenvalue weighted by Gasteiger charge is -2.35. The van der Waals surface area contributed by atoms with Gasteiger partial charge in [0.25, 0.3) is 11.8 Å². The van der Waals surface area contributed by atoms with Gasteiger partial charge >= 0.3 is 6.03 Å². The summed E-state index contributed by atoms with van der Waals surface area (Å²) in [5, 5.41) is 2.80. The Kier molecular flexibility index (Phi) is 5.44. The fourth-order valence-electron chi connectivity index (χ4n) is 4.51. The molecular weight excluding hydrogens is 391 g/mol. The number of rotatable bonds is 3. The Balaban J connectivity index is 1.34. The molecule has 1 aromatic carbocycles. The summed E-state index contributed by atoms with van der Waals surface area (Å²) in [4.78, 5) is 54.4. The first kappa shape index (κ1) is 20.3.